The van der Waals surface area contributed by atoms with Crippen LogP contribution in [-0.2, 0) is 4.74 Å². The summed E-state index contributed by atoms with van der Waals surface area (Å²) in [5.41, 5.74) is 1.75. The molecule has 6 heteroatoms. The van der Waals surface area contributed by atoms with Crippen LogP contribution in [0.3, 0.4) is 0 Å². The summed E-state index contributed by atoms with van der Waals surface area (Å²) in [5.74, 6) is 0.741. The zero-order chi connectivity index (χ0) is 17.9. The smallest absolute Gasteiger partial charge is 0.259 e. The zero-order valence-electron chi connectivity index (χ0n) is 14.9. The fourth-order valence-electron chi connectivity index (χ4n) is 3.20. The van der Waals surface area contributed by atoms with Gasteiger partial charge in [0.05, 0.1) is 12.2 Å². The van der Waals surface area contributed by atoms with Crippen LogP contribution in [0.1, 0.15) is 34.5 Å². The van der Waals surface area contributed by atoms with Crippen LogP contribution in [0, 0.1) is 13.8 Å². The number of ether oxygens (including phenoxy) is 2. The summed E-state index contributed by atoms with van der Waals surface area (Å²) in [7, 11) is 1.68. The number of methoxy groups -OCH3 is 1. The molecule has 1 fully saturated rings. The summed E-state index contributed by atoms with van der Waals surface area (Å²) in [5, 5.41) is 3.79. The molecular weight excluding hydrogens is 320 g/mol. The van der Waals surface area contributed by atoms with Gasteiger partial charge in [-0.2, -0.15) is 0 Å². The number of carbonyl (C=O) groups excluding carboxylic acids is 1. The summed E-state index contributed by atoms with van der Waals surface area (Å²) >= 11 is 0. The molecule has 1 atom stereocenters. The van der Waals surface area contributed by atoms with Crippen LogP contribution >= 0.6 is 0 Å². The van der Waals surface area contributed by atoms with E-state index in [-0.39, 0.29) is 5.91 Å². The summed E-state index contributed by atoms with van der Waals surface area (Å²) in [4.78, 5) is 14.5. The van der Waals surface area contributed by atoms with E-state index in [0.29, 0.717) is 31.0 Å². The van der Waals surface area contributed by atoms with Crippen LogP contribution in [0.5, 0.6) is 5.75 Å². The maximum Gasteiger partial charge on any atom is 0.259 e. The lowest BCUT2D eigenvalue weighted by Gasteiger charge is -2.41. The van der Waals surface area contributed by atoms with Gasteiger partial charge in [-0.15, -0.1) is 0 Å². The van der Waals surface area contributed by atoms with Crippen molar-refractivity contribution >= 4 is 5.91 Å². The fourth-order valence-corrected chi connectivity index (χ4v) is 3.20. The minimum atomic E-state index is -0.511. The number of hydrogen-bond acceptors (Lipinski definition) is 5. The number of aryl methyl sites for hydroxylation is 2. The van der Waals surface area contributed by atoms with Crippen LogP contribution in [0.4, 0.5) is 0 Å². The number of hydrogen-bond donors (Lipinski definition) is 0. The quantitative estimate of drug-likeness (QED) is 0.834. The van der Waals surface area contributed by atoms with Crippen molar-refractivity contribution in [2.75, 3.05) is 26.8 Å². The van der Waals surface area contributed by atoms with Gasteiger partial charge in [-0.25, -0.2) is 0 Å². The molecule has 1 aromatic heterocycles. The van der Waals surface area contributed by atoms with Gasteiger partial charge in [0.1, 0.15) is 29.8 Å². The normalized spacial score (nSPS) is 20.5. The van der Waals surface area contributed by atoms with E-state index < -0.39 is 5.60 Å². The first kappa shape index (κ1) is 17.5. The molecule has 0 aliphatic carbocycles. The lowest BCUT2D eigenvalue weighted by atomic mass is 9.92. The van der Waals surface area contributed by atoms with E-state index in [4.69, 9.17) is 14.0 Å². The second kappa shape index (κ2) is 7.27. The predicted octanol–water partition coefficient (Wildman–Crippen LogP) is 2.99. The Labute approximate surface area is 147 Å². The highest BCUT2D eigenvalue weighted by Crippen LogP contribution is 2.27. The van der Waals surface area contributed by atoms with E-state index >= 15 is 0 Å². The number of benzene rings is 1. The van der Waals surface area contributed by atoms with E-state index in [0.717, 1.165) is 24.2 Å². The van der Waals surface area contributed by atoms with E-state index in [1.54, 1.807) is 18.9 Å². The van der Waals surface area contributed by atoms with Crippen LogP contribution in [0.15, 0.2) is 35.1 Å². The van der Waals surface area contributed by atoms with Crippen molar-refractivity contribution in [3.8, 4) is 5.75 Å². The first-order chi connectivity index (χ1) is 12.0. The predicted molar refractivity (Wildman–Crippen MR) is 92.8 cm³/mol. The molecule has 25 heavy (non-hydrogen) atoms. The molecule has 134 valence electrons. The molecular formula is C19H24N2O4. The second-order valence-corrected chi connectivity index (χ2v) is 6.64. The zero-order valence-corrected chi connectivity index (χ0v) is 14.9. The summed E-state index contributed by atoms with van der Waals surface area (Å²) in [6.07, 6.45) is 3.12. The Morgan fingerprint density at radius 2 is 2.24 bits per heavy atom. The number of aromatic nitrogens is 1. The maximum absolute atomic E-state index is 12.7. The largest absolute Gasteiger partial charge is 0.491 e. The number of piperidine rings is 1. The van der Waals surface area contributed by atoms with Crippen LogP contribution in [-0.4, -0.2) is 48.4 Å². The second-order valence-electron chi connectivity index (χ2n) is 6.64. The third-order valence-electron chi connectivity index (χ3n) is 4.73. The molecule has 1 aliphatic rings. The van der Waals surface area contributed by atoms with Crippen molar-refractivity contribution in [3.05, 3.63) is 47.3 Å². The Balaban J connectivity index is 1.70. The highest BCUT2D eigenvalue weighted by atomic mass is 16.5. The van der Waals surface area contributed by atoms with Crippen LogP contribution in [0.25, 0.3) is 0 Å². The SMILES string of the molecule is CO[C@]1(COc2cccc(C)c2)CCCN(C(=O)c2conc2C)C1. The molecule has 2 heterocycles. The van der Waals surface area contributed by atoms with Crippen LogP contribution < -0.4 is 4.74 Å². The van der Waals surface area contributed by atoms with Gasteiger partial charge >= 0.3 is 0 Å². The van der Waals surface area contributed by atoms with E-state index in [1.165, 1.54) is 6.26 Å². The van der Waals surface area contributed by atoms with E-state index in [9.17, 15) is 4.79 Å². The van der Waals surface area contributed by atoms with Crippen molar-refractivity contribution in [1.82, 2.24) is 10.1 Å². The van der Waals surface area contributed by atoms with Gasteiger partial charge in [0.15, 0.2) is 0 Å². The Morgan fingerprint density at radius 3 is 2.92 bits per heavy atom. The summed E-state index contributed by atoms with van der Waals surface area (Å²) in [6.45, 7) is 5.38. The lowest BCUT2D eigenvalue weighted by Crippen LogP contribution is -2.54. The topological polar surface area (TPSA) is 64.8 Å². The van der Waals surface area contributed by atoms with Crippen molar-refractivity contribution < 1.29 is 18.8 Å². The van der Waals surface area contributed by atoms with Gasteiger partial charge in [-0.3, -0.25) is 4.79 Å². The van der Waals surface area contributed by atoms with Gasteiger partial charge < -0.3 is 18.9 Å². The molecule has 1 aliphatic heterocycles. The van der Waals surface area contributed by atoms with E-state index in [1.807, 2.05) is 31.2 Å². The first-order valence-electron chi connectivity index (χ1n) is 8.48. The fraction of sp³-hybridized carbons (Fsp3) is 0.474. The van der Waals surface area contributed by atoms with E-state index in [2.05, 4.69) is 5.16 Å². The molecule has 0 N–H and O–H groups in total. The number of carbonyl (C=O) groups is 1. The number of amides is 1. The minimum Gasteiger partial charge on any atom is -0.491 e. The summed E-state index contributed by atoms with van der Waals surface area (Å²) in [6, 6.07) is 7.93. The highest BCUT2D eigenvalue weighted by Gasteiger charge is 2.39. The average Bonchev–Trinajstić information content (AvgIpc) is 3.05. The molecule has 1 amide bonds. The van der Waals surface area contributed by atoms with Gasteiger partial charge in [0, 0.05) is 13.7 Å². The van der Waals surface area contributed by atoms with Crippen molar-refractivity contribution in [2.24, 2.45) is 0 Å². The molecule has 3 rings (SSSR count). The number of likely N-dealkylation sites (tertiary alicyclic amines) is 1. The third-order valence-corrected chi connectivity index (χ3v) is 4.73. The van der Waals surface area contributed by atoms with Gasteiger partial charge in [0.25, 0.3) is 5.91 Å². The number of nitrogens with zero attached hydrogens (tertiary/aromatic N) is 2. The molecule has 0 unspecified atom stereocenters. The molecule has 0 spiro atoms. The van der Waals surface area contributed by atoms with Gasteiger partial charge in [-0.1, -0.05) is 17.3 Å². The standard InChI is InChI=1S/C19H24N2O4/c1-14-6-4-7-16(10-14)24-13-19(23-3)8-5-9-21(12-19)18(22)17-11-25-20-15(17)2/h4,6-7,10-11H,5,8-9,12-13H2,1-3H3/t19-/m1/s1. The Hall–Kier alpha value is -2.34. The van der Waals surface area contributed by atoms with Crippen molar-refractivity contribution in [1.29, 1.82) is 0 Å². The molecule has 0 bridgehead atoms. The molecule has 2 aromatic rings. The Bertz CT molecular complexity index is 743. The van der Waals surface area contributed by atoms with Crippen molar-refractivity contribution in [3.63, 3.8) is 0 Å². The Morgan fingerprint density at radius 1 is 1.40 bits per heavy atom. The molecule has 0 saturated carbocycles. The summed E-state index contributed by atoms with van der Waals surface area (Å²) < 4.78 is 16.7. The molecule has 6 nitrogen and oxygen atoms in total. The lowest BCUT2D eigenvalue weighted by molar-refractivity contribution is -0.0825. The molecule has 0 radical (unpaired) electrons. The monoisotopic (exact) mass is 344 g/mol. The minimum absolute atomic E-state index is 0.0737. The van der Waals surface area contributed by atoms with Crippen molar-refractivity contribution in [2.45, 2.75) is 32.3 Å². The molecule has 1 saturated heterocycles. The van der Waals surface area contributed by atoms with Crippen LogP contribution in [0.2, 0.25) is 0 Å². The maximum atomic E-state index is 12.7. The average molecular weight is 344 g/mol. The Kier molecular flexibility index (Phi) is 5.08. The first-order valence-corrected chi connectivity index (χ1v) is 8.48. The molecule has 1 aromatic carbocycles. The number of rotatable bonds is 5. The highest BCUT2D eigenvalue weighted by molar-refractivity contribution is 5.94. The van der Waals surface area contributed by atoms with Gasteiger partial charge in [0.2, 0.25) is 0 Å². The third kappa shape index (κ3) is 3.85. The van der Waals surface area contributed by atoms with Gasteiger partial charge in [-0.05, 0) is 44.4 Å².